The highest BCUT2D eigenvalue weighted by molar-refractivity contribution is 7.89. The normalized spacial score (nSPS) is 12.3. The summed E-state index contributed by atoms with van der Waals surface area (Å²) in [4.78, 5) is 0. The van der Waals surface area contributed by atoms with Gasteiger partial charge in [-0.1, -0.05) is 26.0 Å². The molecule has 120 valence electrons. The summed E-state index contributed by atoms with van der Waals surface area (Å²) in [6.45, 7) is 4.14. The van der Waals surface area contributed by atoms with E-state index < -0.39 is 10.0 Å². The molecule has 0 bridgehead atoms. The number of aliphatic hydroxyl groups excluding tert-OH is 1. The standard InChI is InChI=1S/C14H24N2O4S/c1-14(2,7-8-17)11-16-21(18,19)10-9-20-13-6-4-3-5-12(13)15/h3-6,16-17H,7-11,15H2,1-2H3. The highest BCUT2D eigenvalue weighted by Crippen LogP contribution is 2.20. The molecular formula is C14H24N2O4S. The Morgan fingerprint density at radius 3 is 2.62 bits per heavy atom. The lowest BCUT2D eigenvalue weighted by atomic mass is 9.90. The monoisotopic (exact) mass is 316 g/mol. The summed E-state index contributed by atoms with van der Waals surface area (Å²) in [6.07, 6.45) is 0.534. The van der Waals surface area contributed by atoms with E-state index in [9.17, 15) is 8.42 Å². The number of aliphatic hydroxyl groups is 1. The molecule has 0 aliphatic rings. The Hall–Kier alpha value is -1.31. The predicted octanol–water partition coefficient (Wildman–Crippen LogP) is 0.976. The molecule has 0 spiro atoms. The van der Waals surface area contributed by atoms with Gasteiger partial charge in [0.15, 0.2) is 0 Å². The van der Waals surface area contributed by atoms with Gasteiger partial charge in [-0.3, -0.25) is 0 Å². The summed E-state index contributed by atoms with van der Waals surface area (Å²) in [5, 5.41) is 8.92. The maximum atomic E-state index is 11.9. The SMILES string of the molecule is CC(C)(CCO)CNS(=O)(=O)CCOc1ccccc1N. The van der Waals surface area contributed by atoms with Gasteiger partial charge >= 0.3 is 0 Å². The summed E-state index contributed by atoms with van der Waals surface area (Å²) in [5.41, 5.74) is 5.90. The second-order valence-electron chi connectivity index (χ2n) is 5.66. The van der Waals surface area contributed by atoms with Gasteiger partial charge in [-0.15, -0.1) is 0 Å². The van der Waals surface area contributed by atoms with Crippen molar-refractivity contribution >= 4 is 15.7 Å². The van der Waals surface area contributed by atoms with Crippen LogP contribution in [0.1, 0.15) is 20.3 Å². The number of hydrogen-bond donors (Lipinski definition) is 3. The van der Waals surface area contributed by atoms with E-state index in [4.69, 9.17) is 15.6 Å². The first-order chi connectivity index (χ1) is 9.76. The molecule has 0 radical (unpaired) electrons. The van der Waals surface area contributed by atoms with Crippen molar-refractivity contribution in [3.05, 3.63) is 24.3 Å². The molecule has 7 heteroatoms. The van der Waals surface area contributed by atoms with E-state index in [1.807, 2.05) is 13.8 Å². The van der Waals surface area contributed by atoms with Crippen LogP contribution in [-0.4, -0.2) is 39.0 Å². The number of nitrogens with two attached hydrogens (primary N) is 1. The van der Waals surface area contributed by atoms with E-state index >= 15 is 0 Å². The third-order valence-corrected chi connectivity index (χ3v) is 4.38. The van der Waals surface area contributed by atoms with Crippen molar-refractivity contribution in [1.82, 2.24) is 4.72 Å². The number of ether oxygens (including phenoxy) is 1. The fourth-order valence-electron chi connectivity index (χ4n) is 1.64. The molecule has 1 aromatic carbocycles. The molecule has 0 atom stereocenters. The van der Waals surface area contributed by atoms with Crippen molar-refractivity contribution in [2.24, 2.45) is 5.41 Å². The zero-order valence-electron chi connectivity index (χ0n) is 12.5. The Morgan fingerprint density at radius 2 is 2.00 bits per heavy atom. The van der Waals surface area contributed by atoms with Crippen LogP contribution in [0.15, 0.2) is 24.3 Å². The number of nitrogen functional groups attached to an aromatic ring is 1. The van der Waals surface area contributed by atoms with Gasteiger partial charge in [-0.05, 0) is 24.0 Å². The number of sulfonamides is 1. The van der Waals surface area contributed by atoms with Crippen molar-refractivity contribution in [1.29, 1.82) is 0 Å². The van der Waals surface area contributed by atoms with E-state index in [1.165, 1.54) is 0 Å². The lowest BCUT2D eigenvalue weighted by Crippen LogP contribution is -2.37. The van der Waals surface area contributed by atoms with Crippen LogP contribution in [0.4, 0.5) is 5.69 Å². The Balaban J connectivity index is 2.42. The van der Waals surface area contributed by atoms with Crippen LogP contribution < -0.4 is 15.2 Å². The largest absolute Gasteiger partial charge is 0.490 e. The van der Waals surface area contributed by atoms with Gasteiger partial charge in [-0.2, -0.15) is 0 Å². The second kappa shape index (κ2) is 7.63. The molecule has 0 aliphatic heterocycles. The zero-order valence-corrected chi connectivity index (χ0v) is 13.3. The first kappa shape index (κ1) is 17.7. The summed E-state index contributed by atoms with van der Waals surface area (Å²) in [6, 6.07) is 6.94. The van der Waals surface area contributed by atoms with Crippen LogP contribution in [0.5, 0.6) is 5.75 Å². The lowest BCUT2D eigenvalue weighted by molar-refractivity contribution is 0.213. The fourth-order valence-corrected chi connectivity index (χ4v) is 2.70. The smallest absolute Gasteiger partial charge is 0.214 e. The molecule has 6 nitrogen and oxygen atoms in total. The molecule has 0 fully saturated rings. The molecule has 0 aliphatic carbocycles. The maximum absolute atomic E-state index is 11.9. The van der Waals surface area contributed by atoms with Crippen LogP contribution in [0.3, 0.4) is 0 Å². The number of para-hydroxylation sites is 2. The first-order valence-corrected chi connectivity index (χ1v) is 8.46. The van der Waals surface area contributed by atoms with Crippen LogP contribution in [0.25, 0.3) is 0 Å². The molecule has 1 rings (SSSR count). The van der Waals surface area contributed by atoms with Crippen molar-refractivity contribution in [2.75, 3.05) is 31.2 Å². The Bertz CT molecular complexity index is 544. The number of hydrogen-bond acceptors (Lipinski definition) is 5. The summed E-state index contributed by atoms with van der Waals surface area (Å²) in [5.74, 6) is 0.338. The third-order valence-electron chi connectivity index (χ3n) is 3.09. The maximum Gasteiger partial charge on any atom is 0.214 e. The van der Waals surface area contributed by atoms with E-state index in [1.54, 1.807) is 24.3 Å². The van der Waals surface area contributed by atoms with Gasteiger partial charge in [-0.25, -0.2) is 13.1 Å². The van der Waals surface area contributed by atoms with E-state index in [2.05, 4.69) is 4.72 Å². The minimum Gasteiger partial charge on any atom is -0.490 e. The van der Waals surface area contributed by atoms with Crippen molar-refractivity contribution < 1.29 is 18.3 Å². The Morgan fingerprint density at radius 1 is 1.33 bits per heavy atom. The van der Waals surface area contributed by atoms with Gasteiger partial charge in [0.1, 0.15) is 12.4 Å². The highest BCUT2D eigenvalue weighted by atomic mass is 32.2. The Kier molecular flexibility index (Phi) is 6.44. The molecule has 1 aromatic rings. The average Bonchev–Trinajstić information content (AvgIpc) is 2.39. The van der Waals surface area contributed by atoms with Crippen molar-refractivity contribution in [3.8, 4) is 5.75 Å². The molecule has 0 unspecified atom stereocenters. The number of anilines is 1. The number of rotatable bonds is 9. The third kappa shape index (κ3) is 6.79. The van der Waals surface area contributed by atoms with Crippen LogP contribution in [-0.2, 0) is 10.0 Å². The molecule has 0 saturated carbocycles. The van der Waals surface area contributed by atoms with Crippen molar-refractivity contribution in [3.63, 3.8) is 0 Å². The van der Waals surface area contributed by atoms with Gasteiger partial charge in [0.2, 0.25) is 10.0 Å². The van der Waals surface area contributed by atoms with Crippen LogP contribution in [0.2, 0.25) is 0 Å². The second-order valence-corrected chi connectivity index (χ2v) is 7.59. The number of benzene rings is 1. The van der Waals surface area contributed by atoms with Gasteiger partial charge in [0.05, 0.1) is 11.4 Å². The van der Waals surface area contributed by atoms with Gasteiger partial charge in [0.25, 0.3) is 0 Å². The summed E-state index contributed by atoms with van der Waals surface area (Å²) >= 11 is 0. The summed E-state index contributed by atoms with van der Waals surface area (Å²) in [7, 11) is -3.41. The van der Waals surface area contributed by atoms with Crippen molar-refractivity contribution in [2.45, 2.75) is 20.3 Å². The van der Waals surface area contributed by atoms with Gasteiger partial charge in [0, 0.05) is 13.2 Å². The minimum absolute atomic E-state index is 0.0317. The average molecular weight is 316 g/mol. The summed E-state index contributed by atoms with van der Waals surface area (Å²) < 4.78 is 31.6. The van der Waals surface area contributed by atoms with E-state index in [-0.39, 0.29) is 30.9 Å². The molecule has 0 saturated heterocycles. The zero-order chi connectivity index (χ0) is 15.9. The van der Waals surface area contributed by atoms with E-state index in [0.717, 1.165) is 0 Å². The topological polar surface area (TPSA) is 102 Å². The quantitative estimate of drug-likeness (QED) is 0.589. The van der Waals surface area contributed by atoms with E-state index in [0.29, 0.717) is 17.9 Å². The highest BCUT2D eigenvalue weighted by Gasteiger charge is 2.20. The first-order valence-electron chi connectivity index (χ1n) is 6.81. The molecular weight excluding hydrogens is 292 g/mol. The molecule has 0 heterocycles. The molecule has 0 aromatic heterocycles. The lowest BCUT2D eigenvalue weighted by Gasteiger charge is -2.23. The predicted molar refractivity (Wildman–Crippen MR) is 83.6 cm³/mol. The van der Waals surface area contributed by atoms with Crippen LogP contribution >= 0.6 is 0 Å². The fraction of sp³-hybridized carbons (Fsp3) is 0.571. The molecule has 21 heavy (non-hydrogen) atoms. The molecule has 0 amide bonds. The molecule has 4 N–H and O–H groups in total. The Labute approximate surface area is 126 Å². The number of nitrogens with one attached hydrogen (secondary N) is 1. The minimum atomic E-state index is -3.41. The van der Waals surface area contributed by atoms with Crippen LogP contribution in [0, 0.1) is 5.41 Å². The van der Waals surface area contributed by atoms with Gasteiger partial charge < -0.3 is 15.6 Å².